The molecule has 6 nitrogen and oxygen atoms in total. The number of carbonyl (C=O) groups excluding carboxylic acids is 1. The Bertz CT molecular complexity index is 1130. The fourth-order valence-corrected chi connectivity index (χ4v) is 5.42. The summed E-state index contributed by atoms with van der Waals surface area (Å²) in [6.45, 7) is 9.26. The summed E-state index contributed by atoms with van der Waals surface area (Å²) in [6.07, 6.45) is 1.48. The predicted molar refractivity (Wildman–Crippen MR) is 121 cm³/mol. The Morgan fingerprint density at radius 2 is 1.84 bits per heavy atom. The number of hydrogen-bond acceptors (Lipinski definition) is 6. The fourth-order valence-electron chi connectivity index (χ4n) is 5.42. The van der Waals surface area contributed by atoms with E-state index in [1.54, 1.807) is 6.92 Å². The highest BCUT2D eigenvalue weighted by Gasteiger charge is 2.66. The van der Waals surface area contributed by atoms with Gasteiger partial charge in [-0.15, -0.1) is 0 Å². The fraction of sp³-hybridized carbons (Fsp3) is 0.385. The molecule has 0 amide bonds. The summed E-state index contributed by atoms with van der Waals surface area (Å²) >= 11 is 0. The Balaban J connectivity index is 1.61. The highest BCUT2D eigenvalue weighted by molar-refractivity contribution is 6.13. The molecule has 6 heteroatoms. The number of rotatable bonds is 3. The summed E-state index contributed by atoms with van der Waals surface area (Å²) in [5.74, 6) is -2.71. The molecule has 0 saturated carbocycles. The van der Waals surface area contributed by atoms with Gasteiger partial charge in [-0.05, 0) is 44.4 Å². The lowest BCUT2D eigenvalue weighted by Crippen LogP contribution is -2.65. The topological polar surface area (TPSA) is 71.4 Å². The first-order valence-corrected chi connectivity index (χ1v) is 11.0. The number of ether oxygens (including phenoxy) is 1. The molecule has 2 aromatic carbocycles. The SMILES string of the molecule is Cc1cc(C)c(C2=NO[C@@]3(C)C(=O)C=C4N(Cc5ccccc5)CCOC4(O)[C@@H]23)c(C)c1. The summed E-state index contributed by atoms with van der Waals surface area (Å²) in [5, 5.41) is 16.4. The molecular formula is C26H28N2O4. The lowest BCUT2D eigenvalue weighted by molar-refractivity contribution is -0.254. The normalized spacial score (nSPS) is 29.1. The zero-order valence-corrected chi connectivity index (χ0v) is 18.9. The number of nitrogens with zero attached hydrogens (tertiary/aromatic N) is 2. The molecule has 3 aliphatic rings. The summed E-state index contributed by atoms with van der Waals surface area (Å²) in [6, 6.07) is 14.2. The second-order valence-electron chi connectivity index (χ2n) is 9.23. The molecule has 1 saturated heterocycles. The number of morpholine rings is 1. The van der Waals surface area contributed by atoms with Gasteiger partial charge in [0.25, 0.3) is 0 Å². The van der Waals surface area contributed by atoms with Gasteiger partial charge in [0.1, 0.15) is 11.6 Å². The molecule has 0 radical (unpaired) electrons. The molecule has 1 unspecified atom stereocenters. The van der Waals surface area contributed by atoms with E-state index in [-0.39, 0.29) is 5.78 Å². The smallest absolute Gasteiger partial charge is 0.221 e. The van der Waals surface area contributed by atoms with Crippen LogP contribution in [-0.4, -0.2) is 46.0 Å². The van der Waals surface area contributed by atoms with Gasteiger partial charge in [0.15, 0.2) is 0 Å². The standard InChI is InChI=1S/C26H28N2O4/c1-16-12-17(2)22(18(3)13-16)23-24-25(4,32-27-23)21(29)14-20-26(24,30)31-11-10-28(20)15-19-8-6-5-7-9-19/h5-9,12-14,24,30H,10-11,15H2,1-4H3/t24-,25-,26?/m0/s1. The van der Waals surface area contributed by atoms with Crippen molar-refractivity contribution in [1.82, 2.24) is 4.90 Å². The molecular weight excluding hydrogens is 404 g/mol. The first-order chi connectivity index (χ1) is 15.2. The number of fused-ring (bicyclic) bond motifs is 3. The Morgan fingerprint density at radius 3 is 2.53 bits per heavy atom. The second kappa shape index (κ2) is 7.29. The maximum absolute atomic E-state index is 13.3. The Labute approximate surface area is 188 Å². The molecule has 1 N–H and O–H groups in total. The molecule has 1 fully saturated rings. The van der Waals surface area contributed by atoms with Crippen LogP contribution in [0.4, 0.5) is 0 Å². The molecule has 0 bridgehead atoms. The first-order valence-electron chi connectivity index (χ1n) is 11.0. The van der Waals surface area contributed by atoms with Crippen molar-refractivity contribution in [2.24, 2.45) is 11.1 Å². The number of benzene rings is 2. The highest BCUT2D eigenvalue weighted by Crippen LogP contribution is 2.50. The maximum Gasteiger partial charge on any atom is 0.221 e. The average molecular weight is 433 g/mol. The lowest BCUT2D eigenvalue weighted by atomic mass is 9.69. The van der Waals surface area contributed by atoms with Gasteiger partial charge in [0, 0.05) is 24.7 Å². The second-order valence-corrected chi connectivity index (χ2v) is 9.23. The number of aryl methyl sites for hydroxylation is 3. The number of carbonyl (C=O) groups is 1. The van der Waals surface area contributed by atoms with Gasteiger partial charge < -0.3 is 19.6 Å². The van der Waals surface area contributed by atoms with Gasteiger partial charge in [-0.3, -0.25) is 4.79 Å². The molecule has 2 heterocycles. The lowest BCUT2D eigenvalue weighted by Gasteiger charge is -2.50. The van der Waals surface area contributed by atoms with Gasteiger partial charge in [0.2, 0.25) is 17.2 Å². The molecule has 32 heavy (non-hydrogen) atoms. The molecule has 3 atom stereocenters. The van der Waals surface area contributed by atoms with Crippen molar-refractivity contribution in [3.05, 3.63) is 82.1 Å². The first kappa shape index (κ1) is 20.9. The zero-order valence-electron chi connectivity index (χ0n) is 18.9. The van der Waals surface area contributed by atoms with Crippen LogP contribution in [0.1, 0.15) is 34.7 Å². The van der Waals surface area contributed by atoms with Crippen LogP contribution >= 0.6 is 0 Å². The molecule has 0 aromatic heterocycles. The Hall–Kier alpha value is -2.96. The monoisotopic (exact) mass is 432 g/mol. The van der Waals surface area contributed by atoms with Gasteiger partial charge >= 0.3 is 0 Å². The van der Waals surface area contributed by atoms with Crippen molar-refractivity contribution in [3.8, 4) is 0 Å². The van der Waals surface area contributed by atoms with Crippen LogP contribution in [0.2, 0.25) is 0 Å². The van der Waals surface area contributed by atoms with Gasteiger partial charge in [-0.2, -0.15) is 0 Å². The third-order valence-electron chi connectivity index (χ3n) is 6.85. The predicted octanol–water partition coefficient (Wildman–Crippen LogP) is 3.41. The third kappa shape index (κ3) is 3.01. The molecule has 5 rings (SSSR count). The summed E-state index contributed by atoms with van der Waals surface area (Å²) in [4.78, 5) is 21.1. The summed E-state index contributed by atoms with van der Waals surface area (Å²) in [7, 11) is 0. The minimum Gasteiger partial charge on any atom is -0.380 e. The minimum absolute atomic E-state index is 0.216. The van der Waals surface area contributed by atoms with Crippen molar-refractivity contribution in [2.45, 2.75) is 45.6 Å². The quantitative estimate of drug-likeness (QED) is 0.805. The van der Waals surface area contributed by atoms with Gasteiger partial charge in [0.05, 0.1) is 12.3 Å². The molecule has 0 spiro atoms. The van der Waals surface area contributed by atoms with E-state index in [1.807, 2.05) is 56.0 Å². The minimum atomic E-state index is -1.71. The van der Waals surface area contributed by atoms with Crippen LogP contribution in [0.3, 0.4) is 0 Å². The number of aliphatic hydroxyl groups is 1. The number of hydrogen-bond donors (Lipinski definition) is 1. The van der Waals surface area contributed by atoms with E-state index < -0.39 is 17.3 Å². The van der Waals surface area contributed by atoms with E-state index in [4.69, 9.17) is 9.57 Å². The summed E-state index contributed by atoms with van der Waals surface area (Å²) in [5.41, 5.74) is 4.90. The van der Waals surface area contributed by atoms with Crippen LogP contribution in [0.25, 0.3) is 0 Å². The van der Waals surface area contributed by atoms with E-state index in [0.29, 0.717) is 31.1 Å². The van der Waals surface area contributed by atoms with E-state index >= 15 is 0 Å². The maximum atomic E-state index is 13.3. The van der Waals surface area contributed by atoms with Crippen molar-refractivity contribution in [1.29, 1.82) is 0 Å². The van der Waals surface area contributed by atoms with E-state index in [9.17, 15) is 9.90 Å². The average Bonchev–Trinajstić information content (AvgIpc) is 3.09. The summed E-state index contributed by atoms with van der Waals surface area (Å²) < 4.78 is 6.05. The highest BCUT2D eigenvalue weighted by atomic mass is 16.7. The molecule has 1 aliphatic carbocycles. The van der Waals surface area contributed by atoms with E-state index in [0.717, 1.165) is 27.8 Å². The van der Waals surface area contributed by atoms with Crippen molar-refractivity contribution < 1.29 is 19.5 Å². The largest absolute Gasteiger partial charge is 0.380 e. The van der Waals surface area contributed by atoms with Gasteiger partial charge in [-0.25, -0.2) is 0 Å². The van der Waals surface area contributed by atoms with Crippen LogP contribution in [0, 0.1) is 26.7 Å². The van der Waals surface area contributed by atoms with E-state index in [2.05, 4.69) is 17.3 Å². The van der Waals surface area contributed by atoms with Crippen molar-refractivity contribution in [2.75, 3.05) is 13.2 Å². The van der Waals surface area contributed by atoms with Gasteiger partial charge in [-0.1, -0.05) is 53.2 Å². The van der Waals surface area contributed by atoms with E-state index in [1.165, 1.54) is 6.08 Å². The Morgan fingerprint density at radius 1 is 1.16 bits per heavy atom. The molecule has 2 aromatic rings. The van der Waals surface area contributed by atoms with Crippen molar-refractivity contribution in [3.63, 3.8) is 0 Å². The number of oxime groups is 1. The number of ketones is 1. The molecule has 166 valence electrons. The third-order valence-corrected chi connectivity index (χ3v) is 6.85. The Kier molecular flexibility index (Phi) is 4.76. The van der Waals surface area contributed by atoms with Crippen molar-refractivity contribution >= 4 is 11.5 Å². The van der Waals surface area contributed by atoms with Crippen LogP contribution in [-0.2, 0) is 20.9 Å². The van der Waals surface area contributed by atoms with Crippen LogP contribution < -0.4 is 0 Å². The zero-order chi connectivity index (χ0) is 22.7. The molecule has 2 aliphatic heterocycles. The van der Waals surface area contributed by atoms with Crippen LogP contribution in [0.15, 0.2) is 59.4 Å². The van der Waals surface area contributed by atoms with Crippen LogP contribution in [0.5, 0.6) is 0 Å².